The van der Waals surface area contributed by atoms with Crippen molar-refractivity contribution >= 4 is 45.3 Å². The van der Waals surface area contributed by atoms with E-state index in [-0.39, 0.29) is 5.69 Å². The zero-order chi connectivity index (χ0) is 23.4. The molecule has 0 aliphatic heterocycles. The van der Waals surface area contributed by atoms with E-state index in [1.165, 1.54) is 18.3 Å². The van der Waals surface area contributed by atoms with Crippen molar-refractivity contribution in [1.82, 2.24) is 5.43 Å². The number of fused-ring (bicyclic) bond motifs is 2. The summed E-state index contributed by atoms with van der Waals surface area (Å²) in [5, 5.41) is 10.2. The third-order valence-electron chi connectivity index (χ3n) is 4.99. The number of anilines is 1. The molecule has 0 saturated heterocycles. The zero-order valence-electron chi connectivity index (χ0n) is 17.2. The lowest BCUT2D eigenvalue weighted by molar-refractivity contribution is -0.137. The quantitative estimate of drug-likeness (QED) is 0.183. The van der Waals surface area contributed by atoms with E-state index < -0.39 is 30.0 Å². The number of hydrogen-bond donors (Lipinski definition) is 2. The van der Waals surface area contributed by atoms with Crippen LogP contribution < -0.4 is 10.7 Å². The topological polar surface area (TPSA) is 70.6 Å². The molecule has 2 amide bonds. The number of alkyl halides is 3. The van der Waals surface area contributed by atoms with Crippen LogP contribution in [0.4, 0.5) is 18.9 Å². The van der Waals surface area contributed by atoms with Gasteiger partial charge in [-0.05, 0) is 45.8 Å². The van der Waals surface area contributed by atoms with Crippen LogP contribution in [0.2, 0.25) is 0 Å². The second-order valence-corrected chi connectivity index (χ2v) is 7.33. The minimum Gasteiger partial charge on any atom is -0.326 e. The van der Waals surface area contributed by atoms with Gasteiger partial charge in [0.2, 0.25) is 11.8 Å². The van der Waals surface area contributed by atoms with Crippen molar-refractivity contribution < 1.29 is 22.8 Å². The number of halogens is 3. The maximum atomic E-state index is 12.8. The van der Waals surface area contributed by atoms with Crippen molar-refractivity contribution in [2.24, 2.45) is 5.10 Å². The van der Waals surface area contributed by atoms with Gasteiger partial charge in [0.25, 0.3) is 0 Å². The fraction of sp³-hybridized carbons (Fsp3) is 0.0800. The zero-order valence-corrected chi connectivity index (χ0v) is 17.2. The van der Waals surface area contributed by atoms with E-state index in [4.69, 9.17) is 0 Å². The average Bonchev–Trinajstić information content (AvgIpc) is 2.78. The molecule has 4 rings (SSSR count). The summed E-state index contributed by atoms with van der Waals surface area (Å²) in [4.78, 5) is 24.2. The highest BCUT2D eigenvalue weighted by atomic mass is 19.4. The molecular formula is C25H18F3N3O2. The molecule has 0 fully saturated rings. The molecule has 0 heterocycles. The highest BCUT2D eigenvalue weighted by Gasteiger charge is 2.30. The van der Waals surface area contributed by atoms with Crippen LogP contribution in [0.1, 0.15) is 17.5 Å². The Hall–Kier alpha value is -4.20. The summed E-state index contributed by atoms with van der Waals surface area (Å²) >= 11 is 0. The summed E-state index contributed by atoms with van der Waals surface area (Å²) < 4.78 is 38.4. The van der Waals surface area contributed by atoms with Gasteiger partial charge in [0, 0.05) is 11.3 Å². The fourth-order valence-electron chi connectivity index (χ4n) is 3.52. The number of carbonyl (C=O) groups excluding carboxylic acids is 2. The maximum Gasteiger partial charge on any atom is 0.416 e. The number of nitrogens with zero attached hydrogens (tertiary/aromatic N) is 1. The first kappa shape index (κ1) is 22.0. The summed E-state index contributed by atoms with van der Waals surface area (Å²) in [5.74, 6) is -1.45. The SMILES string of the molecule is O=C(CC(=O)Nc1cccc(C(F)(F)F)c1)NN=Cc1c2ccccc2cc2ccccc12. The van der Waals surface area contributed by atoms with E-state index in [1.807, 2.05) is 48.5 Å². The lowest BCUT2D eigenvalue weighted by Crippen LogP contribution is -2.24. The Kier molecular flexibility index (Phi) is 6.08. The Morgan fingerprint density at radius 3 is 2.09 bits per heavy atom. The van der Waals surface area contributed by atoms with Crippen molar-refractivity contribution in [3.63, 3.8) is 0 Å². The van der Waals surface area contributed by atoms with E-state index in [9.17, 15) is 22.8 Å². The molecule has 0 atom stereocenters. The van der Waals surface area contributed by atoms with Crippen molar-refractivity contribution in [3.05, 3.63) is 90.0 Å². The average molecular weight is 449 g/mol. The molecule has 0 radical (unpaired) electrons. The van der Waals surface area contributed by atoms with Crippen molar-refractivity contribution in [2.45, 2.75) is 12.6 Å². The second-order valence-electron chi connectivity index (χ2n) is 7.33. The van der Waals surface area contributed by atoms with Crippen LogP contribution in [-0.2, 0) is 15.8 Å². The van der Waals surface area contributed by atoms with Gasteiger partial charge in [-0.2, -0.15) is 18.3 Å². The molecule has 0 spiro atoms. The van der Waals surface area contributed by atoms with Gasteiger partial charge in [0.1, 0.15) is 6.42 Å². The van der Waals surface area contributed by atoms with Crippen LogP contribution in [0, 0.1) is 0 Å². The fourth-order valence-corrected chi connectivity index (χ4v) is 3.52. The Balaban J connectivity index is 1.45. The summed E-state index contributed by atoms with van der Waals surface area (Å²) in [7, 11) is 0. The van der Waals surface area contributed by atoms with Gasteiger partial charge in [-0.25, -0.2) is 5.43 Å². The number of benzene rings is 4. The molecule has 2 N–H and O–H groups in total. The summed E-state index contributed by atoms with van der Waals surface area (Å²) in [6.45, 7) is 0. The van der Waals surface area contributed by atoms with Gasteiger partial charge >= 0.3 is 6.18 Å². The normalized spacial score (nSPS) is 11.7. The molecule has 4 aromatic carbocycles. The molecule has 5 nitrogen and oxygen atoms in total. The minimum atomic E-state index is -4.53. The third kappa shape index (κ3) is 5.17. The molecule has 0 unspecified atom stereocenters. The van der Waals surface area contributed by atoms with Gasteiger partial charge in [0.15, 0.2) is 0 Å². The predicted molar refractivity (Wildman–Crippen MR) is 122 cm³/mol. The monoisotopic (exact) mass is 449 g/mol. The number of hydrogen-bond acceptors (Lipinski definition) is 3. The van der Waals surface area contributed by atoms with Gasteiger partial charge in [-0.15, -0.1) is 0 Å². The van der Waals surface area contributed by atoms with E-state index in [0.29, 0.717) is 0 Å². The molecule has 0 saturated carbocycles. The van der Waals surface area contributed by atoms with Crippen molar-refractivity contribution in [1.29, 1.82) is 0 Å². The van der Waals surface area contributed by atoms with Crippen LogP contribution in [-0.4, -0.2) is 18.0 Å². The first-order valence-electron chi connectivity index (χ1n) is 10.0. The molecule has 0 aromatic heterocycles. The predicted octanol–water partition coefficient (Wildman–Crippen LogP) is 5.49. The largest absolute Gasteiger partial charge is 0.416 e. The van der Waals surface area contributed by atoms with Gasteiger partial charge in [0.05, 0.1) is 11.8 Å². The third-order valence-corrected chi connectivity index (χ3v) is 4.99. The first-order chi connectivity index (χ1) is 15.8. The molecule has 4 aromatic rings. The van der Waals surface area contributed by atoms with Crippen LogP contribution in [0.15, 0.2) is 84.0 Å². The minimum absolute atomic E-state index is 0.0478. The highest BCUT2D eigenvalue weighted by Crippen LogP contribution is 2.30. The number of hydrazone groups is 1. The highest BCUT2D eigenvalue weighted by molar-refractivity contribution is 6.13. The molecule has 33 heavy (non-hydrogen) atoms. The number of amides is 2. The van der Waals surface area contributed by atoms with E-state index in [0.717, 1.165) is 39.2 Å². The Labute approximate surface area is 186 Å². The Morgan fingerprint density at radius 1 is 0.818 bits per heavy atom. The molecular weight excluding hydrogens is 431 g/mol. The van der Waals surface area contributed by atoms with Gasteiger partial charge in [-0.3, -0.25) is 9.59 Å². The molecule has 0 aliphatic rings. The smallest absolute Gasteiger partial charge is 0.326 e. The lowest BCUT2D eigenvalue weighted by atomic mass is 9.97. The van der Waals surface area contributed by atoms with Crippen molar-refractivity contribution in [2.75, 3.05) is 5.32 Å². The van der Waals surface area contributed by atoms with E-state index >= 15 is 0 Å². The Bertz CT molecular complexity index is 1330. The molecule has 8 heteroatoms. The summed E-state index contributed by atoms with van der Waals surface area (Å²) in [5.41, 5.74) is 2.18. The standard InChI is InChI=1S/C25H18F3N3O2/c26-25(27,28)18-8-5-9-19(13-18)30-23(32)14-24(33)31-29-15-22-20-10-3-1-6-16(20)12-17-7-2-4-11-21(17)22/h1-13,15H,14H2,(H,30,32)(H,31,33). The molecule has 0 bridgehead atoms. The van der Waals surface area contributed by atoms with Crippen LogP contribution in [0.5, 0.6) is 0 Å². The van der Waals surface area contributed by atoms with Crippen LogP contribution in [0.3, 0.4) is 0 Å². The van der Waals surface area contributed by atoms with E-state index in [2.05, 4.69) is 21.9 Å². The van der Waals surface area contributed by atoms with Crippen molar-refractivity contribution in [3.8, 4) is 0 Å². The van der Waals surface area contributed by atoms with E-state index in [1.54, 1.807) is 0 Å². The molecule has 166 valence electrons. The number of nitrogens with one attached hydrogen (secondary N) is 2. The van der Waals surface area contributed by atoms with Gasteiger partial charge < -0.3 is 5.32 Å². The van der Waals surface area contributed by atoms with Crippen LogP contribution >= 0.6 is 0 Å². The number of carbonyl (C=O) groups is 2. The first-order valence-corrected chi connectivity index (χ1v) is 10.0. The molecule has 0 aliphatic carbocycles. The number of rotatable bonds is 5. The lowest BCUT2D eigenvalue weighted by Gasteiger charge is -2.09. The summed E-state index contributed by atoms with van der Waals surface area (Å²) in [6, 6.07) is 21.8. The van der Waals surface area contributed by atoms with Gasteiger partial charge in [-0.1, -0.05) is 54.6 Å². The van der Waals surface area contributed by atoms with Crippen LogP contribution in [0.25, 0.3) is 21.5 Å². The maximum absolute atomic E-state index is 12.8. The summed E-state index contributed by atoms with van der Waals surface area (Å²) in [6.07, 6.45) is -3.60. The second kappa shape index (κ2) is 9.12. The Morgan fingerprint density at radius 2 is 1.45 bits per heavy atom.